The number of halogens is 1. The van der Waals surface area contributed by atoms with Crippen LogP contribution in [0.5, 0.6) is 5.75 Å². The van der Waals surface area contributed by atoms with E-state index in [4.69, 9.17) is 4.74 Å². The molecule has 2 aromatic rings. The van der Waals surface area contributed by atoms with Crippen LogP contribution in [0.15, 0.2) is 51.8 Å². The molecule has 23 heavy (non-hydrogen) atoms. The normalized spacial score (nSPS) is 11.0. The molecule has 2 rings (SSSR count). The molecule has 0 heterocycles. The predicted octanol–water partition coefficient (Wildman–Crippen LogP) is 2.01. The van der Waals surface area contributed by atoms with E-state index >= 15 is 0 Å². The smallest absolute Gasteiger partial charge is 0.265 e. The molecule has 0 radical (unpaired) electrons. The van der Waals surface area contributed by atoms with Crippen LogP contribution in [-0.2, 0) is 10.0 Å². The first kappa shape index (κ1) is 17.3. The molecule has 0 atom stereocenters. The van der Waals surface area contributed by atoms with Crippen molar-refractivity contribution >= 4 is 37.6 Å². The lowest BCUT2D eigenvalue weighted by Crippen LogP contribution is -2.22. The molecule has 0 aromatic heterocycles. The van der Waals surface area contributed by atoms with Gasteiger partial charge < -0.3 is 14.6 Å². The highest BCUT2D eigenvalue weighted by molar-refractivity contribution is 9.10. The predicted molar refractivity (Wildman–Crippen MR) is 86.9 cm³/mol. The Hall–Kier alpha value is -2.06. The highest BCUT2D eigenvalue weighted by Gasteiger charge is 2.20. The van der Waals surface area contributed by atoms with Gasteiger partial charge in [-0.05, 0) is 42.8 Å². The molecule has 0 amide bonds. The molecule has 0 bridgehead atoms. The van der Waals surface area contributed by atoms with Gasteiger partial charge in [0, 0.05) is 10.2 Å². The fourth-order valence-electron chi connectivity index (χ4n) is 1.89. The zero-order valence-corrected chi connectivity index (χ0v) is 14.5. The number of carbonyl (C=O) groups excluding carboxylic acids is 1. The molecule has 0 fully saturated rings. The lowest BCUT2D eigenvalue weighted by molar-refractivity contribution is -0.255. The van der Waals surface area contributed by atoms with Crippen molar-refractivity contribution in [2.75, 3.05) is 11.3 Å². The van der Waals surface area contributed by atoms with Gasteiger partial charge in [0.2, 0.25) is 0 Å². The zero-order valence-electron chi connectivity index (χ0n) is 12.1. The number of rotatable bonds is 6. The summed E-state index contributed by atoms with van der Waals surface area (Å²) < 4.78 is 33.4. The van der Waals surface area contributed by atoms with Crippen molar-refractivity contribution in [1.82, 2.24) is 0 Å². The number of carboxylic acids is 1. The second-order valence-electron chi connectivity index (χ2n) is 4.50. The summed E-state index contributed by atoms with van der Waals surface area (Å²) in [6.45, 7) is 2.06. The Morgan fingerprint density at radius 2 is 2.00 bits per heavy atom. The maximum absolute atomic E-state index is 12.6. The second kappa shape index (κ2) is 7.01. The summed E-state index contributed by atoms with van der Waals surface area (Å²) in [7, 11) is -3.95. The SMILES string of the molecule is CCOc1ccc(Br)cc1S(=O)(=O)Nc1cccc(C(=O)[O-])c1. The maximum Gasteiger partial charge on any atom is 0.265 e. The van der Waals surface area contributed by atoms with Gasteiger partial charge in [-0.25, -0.2) is 8.42 Å². The molecular formula is C15H13BrNO5S-. The zero-order chi connectivity index (χ0) is 17.0. The van der Waals surface area contributed by atoms with E-state index in [0.717, 1.165) is 0 Å². The number of hydrogen-bond acceptors (Lipinski definition) is 5. The van der Waals surface area contributed by atoms with Gasteiger partial charge in [0.05, 0.1) is 12.6 Å². The molecule has 0 saturated carbocycles. The quantitative estimate of drug-likeness (QED) is 0.802. The van der Waals surface area contributed by atoms with Crippen LogP contribution in [0.1, 0.15) is 17.3 Å². The monoisotopic (exact) mass is 398 g/mol. The van der Waals surface area contributed by atoms with E-state index in [1.54, 1.807) is 19.1 Å². The van der Waals surface area contributed by atoms with Crippen molar-refractivity contribution in [1.29, 1.82) is 0 Å². The number of carboxylic acid groups (broad SMARTS) is 1. The van der Waals surface area contributed by atoms with E-state index in [0.29, 0.717) is 11.1 Å². The Labute approximate surface area is 142 Å². The molecule has 8 heteroatoms. The van der Waals surface area contributed by atoms with Crippen molar-refractivity contribution in [3.8, 4) is 5.75 Å². The first-order valence-electron chi connectivity index (χ1n) is 6.60. The Balaban J connectivity index is 2.41. The number of carbonyl (C=O) groups is 1. The van der Waals surface area contributed by atoms with Crippen molar-refractivity contribution in [2.45, 2.75) is 11.8 Å². The molecule has 0 unspecified atom stereocenters. The van der Waals surface area contributed by atoms with Crippen LogP contribution in [0.25, 0.3) is 0 Å². The van der Waals surface area contributed by atoms with Crippen molar-refractivity contribution < 1.29 is 23.1 Å². The number of nitrogens with one attached hydrogen (secondary N) is 1. The average molecular weight is 399 g/mol. The van der Waals surface area contributed by atoms with Gasteiger partial charge in [-0.3, -0.25) is 4.72 Å². The maximum atomic E-state index is 12.6. The first-order chi connectivity index (χ1) is 10.8. The van der Waals surface area contributed by atoms with Gasteiger partial charge in [0.1, 0.15) is 10.6 Å². The number of aromatic carboxylic acids is 1. The molecule has 0 aliphatic rings. The third-order valence-corrected chi connectivity index (χ3v) is 4.74. The van der Waals surface area contributed by atoms with E-state index in [1.807, 2.05) is 0 Å². The molecule has 122 valence electrons. The number of hydrogen-bond donors (Lipinski definition) is 1. The highest BCUT2D eigenvalue weighted by atomic mass is 79.9. The molecule has 0 saturated heterocycles. The Morgan fingerprint density at radius 1 is 1.26 bits per heavy atom. The van der Waals surface area contributed by atoms with Gasteiger partial charge in [0.15, 0.2) is 0 Å². The number of sulfonamides is 1. The van der Waals surface area contributed by atoms with E-state index < -0.39 is 16.0 Å². The summed E-state index contributed by atoms with van der Waals surface area (Å²) in [4.78, 5) is 10.8. The van der Waals surface area contributed by atoms with E-state index in [1.165, 1.54) is 30.3 Å². The summed E-state index contributed by atoms with van der Waals surface area (Å²) in [5.41, 5.74) is -0.00130. The third-order valence-electron chi connectivity index (χ3n) is 2.85. The van der Waals surface area contributed by atoms with Crippen LogP contribution in [0.4, 0.5) is 5.69 Å². The second-order valence-corrected chi connectivity index (χ2v) is 7.06. The minimum absolute atomic E-state index is 0.0485. The Bertz CT molecular complexity index is 836. The Morgan fingerprint density at radius 3 is 2.65 bits per heavy atom. The lowest BCUT2D eigenvalue weighted by Gasteiger charge is -2.13. The van der Waals surface area contributed by atoms with Crippen LogP contribution in [-0.4, -0.2) is 21.0 Å². The standard InChI is InChI=1S/C15H14BrNO5S/c1-2-22-13-7-6-11(16)9-14(13)23(20,21)17-12-5-3-4-10(8-12)15(18)19/h3-9,17H,2H2,1H3,(H,18,19)/p-1. The average Bonchev–Trinajstić information content (AvgIpc) is 2.49. The van der Waals surface area contributed by atoms with Crippen molar-refractivity contribution in [3.63, 3.8) is 0 Å². The summed E-state index contributed by atoms with van der Waals surface area (Å²) >= 11 is 3.22. The number of ether oxygens (including phenoxy) is 1. The summed E-state index contributed by atoms with van der Waals surface area (Å²) in [6.07, 6.45) is 0. The van der Waals surface area contributed by atoms with Crippen LogP contribution in [0.2, 0.25) is 0 Å². The van der Waals surface area contributed by atoms with Gasteiger partial charge in [0.25, 0.3) is 10.0 Å². The fraction of sp³-hybridized carbons (Fsp3) is 0.133. The first-order valence-corrected chi connectivity index (χ1v) is 8.87. The number of benzene rings is 2. The third kappa shape index (κ3) is 4.23. The minimum Gasteiger partial charge on any atom is -0.545 e. The molecular weight excluding hydrogens is 386 g/mol. The van der Waals surface area contributed by atoms with Gasteiger partial charge >= 0.3 is 0 Å². The molecule has 2 aromatic carbocycles. The largest absolute Gasteiger partial charge is 0.545 e. The number of anilines is 1. The fourth-order valence-corrected chi connectivity index (χ4v) is 3.62. The van der Waals surface area contributed by atoms with Crippen LogP contribution >= 0.6 is 15.9 Å². The molecule has 0 spiro atoms. The lowest BCUT2D eigenvalue weighted by atomic mass is 10.2. The molecule has 1 N–H and O–H groups in total. The summed E-state index contributed by atoms with van der Waals surface area (Å²) in [5.74, 6) is -1.18. The topological polar surface area (TPSA) is 95.5 Å². The van der Waals surface area contributed by atoms with Gasteiger partial charge in [-0.1, -0.05) is 28.1 Å². The van der Waals surface area contributed by atoms with E-state index in [-0.39, 0.29) is 21.9 Å². The van der Waals surface area contributed by atoms with Gasteiger partial charge in [-0.15, -0.1) is 0 Å². The Kier molecular flexibility index (Phi) is 5.27. The van der Waals surface area contributed by atoms with E-state index in [9.17, 15) is 18.3 Å². The molecule has 0 aliphatic heterocycles. The van der Waals surface area contributed by atoms with Crippen LogP contribution < -0.4 is 14.6 Å². The minimum atomic E-state index is -3.95. The van der Waals surface area contributed by atoms with Crippen LogP contribution in [0, 0.1) is 0 Å². The van der Waals surface area contributed by atoms with Crippen molar-refractivity contribution in [3.05, 3.63) is 52.5 Å². The highest BCUT2D eigenvalue weighted by Crippen LogP contribution is 2.29. The molecule has 6 nitrogen and oxygen atoms in total. The van der Waals surface area contributed by atoms with Gasteiger partial charge in [-0.2, -0.15) is 0 Å². The van der Waals surface area contributed by atoms with Crippen LogP contribution in [0.3, 0.4) is 0 Å². The summed E-state index contributed by atoms with van der Waals surface area (Å²) in [5, 5.41) is 10.9. The summed E-state index contributed by atoms with van der Waals surface area (Å²) in [6, 6.07) is 10.00. The molecule has 0 aliphatic carbocycles. The van der Waals surface area contributed by atoms with E-state index in [2.05, 4.69) is 20.7 Å². The van der Waals surface area contributed by atoms with Crippen molar-refractivity contribution in [2.24, 2.45) is 0 Å².